The van der Waals surface area contributed by atoms with Crippen molar-refractivity contribution in [3.05, 3.63) is 29.6 Å². The molecule has 76 valence electrons. The third kappa shape index (κ3) is 2.25. The van der Waals surface area contributed by atoms with Crippen LogP contribution in [0, 0.1) is 6.92 Å². The van der Waals surface area contributed by atoms with Crippen molar-refractivity contribution in [2.75, 3.05) is 0 Å². The van der Waals surface area contributed by atoms with Crippen LogP contribution in [0.5, 0.6) is 0 Å². The summed E-state index contributed by atoms with van der Waals surface area (Å²) < 4.78 is 25.5. The molecule has 0 aliphatic carbocycles. The summed E-state index contributed by atoms with van der Waals surface area (Å²) in [4.78, 5) is 13.9. The highest BCUT2D eigenvalue weighted by Crippen LogP contribution is 2.20. The number of halogens is 2. The number of carboxylic acids is 1. The zero-order valence-electron chi connectivity index (χ0n) is 7.50. The van der Waals surface area contributed by atoms with Gasteiger partial charge in [-0.25, -0.2) is 4.79 Å². The zero-order chi connectivity index (χ0) is 10.8. The Labute approximate surface area is 79.4 Å². The highest BCUT2D eigenvalue weighted by atomic mass is 19.3. The number of hydrogen-bond acceptors (Lipinski definition) is 2. The van der Waals surface area contributed by atoms with Crippen LogP contribution in [-0.2, 0) is 11.2 Å². The third-order valence-corrected chi connectivity index (χ3v) is 1.82. The Morgan fingerprint density at radius 1 is 1.64 bits per heavy atom. The molecule has 0 aliphatic heterocycles. The molecule has 0 unspecified atom stereocenters. The van der Waals surface area contributed by atoms with Gasteiger partial charge < -0.3 is 5.11 Å². The van der Waals surface area contributed by atoms with E-state index in [0.29, 0.717) is 5.56 Å². The Morgan fingerprint density at radius 2 is 2.29 bits per heavy atom. The number of aryl methyl sites for hydroxylation is 1. The summed E-state index contributed by atoms with van der Waals surface area (Å²) in [5, 5.41) is 8.22. The number of rotatable bonds is 3. The summed E-state index contributed by atoms with van der Waals surface area (Å²) in [6.07, 6.45) is 0.495. The molecule has 1 aromatic rings. The van der Waals surface area contributed by atoms with E-state index in [9.17, 15) is 13.6 Å². The fourth-order valence-corrected chi connectivity index (χ4v) is 0.989. The first kappa shape index (κ1) is 10.6. The van der Waals surface area contributed by atoms with E-state index < -0.39 is 18.3 Å². The van der Waals surface area contributed by atoms with Gasteiger partial charge in [0.1, 0.15) is 0 Å². The van der Waals surface area contributed by atoms with Crippen LogP contribution >= 0.6 is 0 Å². The molecule has 1 rings (SSSR count). The van der Waals surface area contributed by atoms with E-state index in [-0.39, 0.29) is 5.69 Å². The number of pyridine rings is 1. The van der Waals surface area contributed by atoms with Gasteiger partial charge in [0, 0.05) is 11.9 Å². The van der Waals surface area contributed by atoms with E-state index in [0.717, 1.165) is 0 Å². The van der Waals surface area contributed by atoms with Crippen LogP contribution in [-0.4, -0.2) is 22.0 Å². The Balaban J connectivity index is 2.89. The SMILES string of the molecule is Cc1cccnc1CC(F)(F)C(=O)O. The standard InChI is InChI=1S/C9H9F2NO2/c1-6-3-2-4-12-7(6)5-9(10,11)8(13)14/h2-4H,5H2,1H3,(H,13,14). The Morgan fingerprint density at radius 3 is 2.79 bits per heavy atom. The van der Waals surface area contributed by atoms with Crippen molar-refractivity contribution in [3.8, 4) is 0 Å². The van der Waals surface area contributed by atoms with Crippen molar-refractivity contribution in [1.82, 2.24) is 4.98 Å². The maximum atomic E-state index is 12.8. The van der Waals surface area contributed by atoms with Gasteiger partial charge in [-0.2, -0.15) is 8.78 Å². The van der Waals surface area contributed by atoms with Crippen LogP contribution in [0.15, 0.2) is 18.3 Å². The van der Waals surface area contributed by atoms with Gasteiger partial charge >= 0.3 is 11.9 Å². The highest BCUT2D eigenvalue weighted by Gasteiger charge is 2.39. The summed E-state index contributed by atoms with van der Waals surface area (Å²) in [6.45, 7) is 1.61. The molecule has 0 aliphatic rings. The maximum Gasteiger partial charge on any atom is 0.374 e. The van der Waals surface area contributed by atoms with Gasteiger partial charge in [0.05, 0.1) is 6.42 Å². The molecule has 1 N–H and O–H groups in total. The molecular formula is C9H9F2NO2. The molecule has 0 saturated carbocycles. The van der Waals surface area contributed by atoms with Gasteiger partial charge in [-0.15, -0.1) is 0 Å². The zero-order valence-corrected chi connectivity index (χ0v) is 7.50. The molecule has 0 saturated heterocycles. The molecule has 3 nitrogen and oxygen atoms in total. The van der Waals surface area contributed by atoms with Crippen LogP contribution in [0.2, 0.25) is 0 Å². The fourth-order valence-electron chi connectivity index (χ4n) is 0.989. The average molecular weight is 201 g/mol. The molecule has 0 spiro atoms. The lowest BCUT2D eigenvalue weighted by molar-refractivity contribution is -0.164. The predicted molar refractivity (Wildman–Crippen MR) is 45.3 cm³/mol. The largest absolute Gasteiger partial charge is 0.477 e. The minimum Gasteiger partial charge on any atom is -0.477 e. The molecule has 1 aromatic heterocycles. The van der Waals surface area contributed by atoms with E-state index in [1.807, 2.05) is 0 Å². The quantitative estimate of drug-likeness (QED) is 0.808. The van der Waals surface area contributed by atoms with Gasteiger partial charge in [-0.1, -0.05) is 6.07 Å². The molecule has 5 heteroatoms. The Kier molecular flexibility index (Phi) is 2.78. The van der Waals surface area contributed by atoms with Gasteiger partial charge in [-0.3, -0.25) is 4.98 Å². The number of aliphatic carboxylic acids is 1. The van der Waals surface area contributed by atoms with Crippen molar-refractivity contribution in [1.29, 1.82) is 0 Å². The molecule has 14 heavy (non-hydrogen) atoms. The molecule has 0 fully saturated rings. The van der Waals surface area contributed by atoms with Crippen LogP contribution in [0.25, 0.3) is 0 Å². The van der Waals surface area contributed by atoms with Crippen molar-refractivity contribution >= 4 is 5.97 Å². The molecule has 0 bridgehead atoms. The third-order valence-electron chi connectivity index (χ3n) is 1.82. The number of aromatic nitrogens is 1. The number of hydrogen-bond donors (Lipinski definition) is 1. The minimum absolute atomic E-state index is 0.111. The topological polar surface area (TPSA) is 50.2 Å². The smallest absolute Gasteiger partial charge is 0.374 e. The van der Waals surface area contributed by atoms with Crippen LogP contribution in [0.1, 0.15) is 11.3 Å². The van der Waals surface area contributed by atoms with Gasteiger partial charge in [0.25, 0.3) is 0 Å². The van der Waals surface area contributed by atoms with Crippen molar-refractivity contribution < 1.29 is 18.7 Å². The van der Waals surface area contributed by atoms with E-state index >= 15 is 0 Å². The lowest BCUT2D eigenvalue weighted by atomic mass is 10.1. The van der Waals surface area contributed by atoms with Crippen molar-refractivity contribution in [3.63, 3.8) is 0 Å². The lowest BCUT2D eigenvalue weighted by Gasteiger charge is -2.11. The minimum atomic E-state index is -3.75. The molecule has 1 heterocycles. The van der Waals surface area contributed by atoms with Crippen LogP contribution in [0.4, 0.5) is 8.78 Å². The van der Waals surface area contributed by atoms with E-state index in [1.165, 1.54) is 6.20 Å². The average Bonchev–Trinajstić information content (AvgIpc) is 2.08. The lowest BCUT2D eigenvalue weighted by Crippen LogP contribution is -2.31. The van der Waals surface area contributed by atoms with Crippen molar-refractivity contribution in [2.45, 2.75) is 19.3 Å². The summed E-state index contributed by atoms with van der Waals surface area (Å²) in [5.74, 6) is -5.87. The van der Waals surface area contributed by atoms with Gasteiger partial charge in [0.2, 0.25) is 0 Å². The Hall–Kier alpha value is -1.52. The van der Waals surface area contributed by atoms with E-state index in [4.69, 9.17) is 5.11 Å². The summed E-state index contributed by atoms with van der Waals surface area (Å²) in [7, 11) is 0. The summed E-state index contributed by atoms with van der Waals surface area (Å²) in [5.41, 5.74) is 0.674. The first-order valence-electron chi connectivity index (χ1n) is 3.95. The second-order valence-electron chi connectivity index (χ2n) is 2.95. The van der Waals surface area contributed by atoms with Crippen LogP contribution < -0.4 is 0 Å². The van der Waals surface area contributed by atoms with E-state index in [1.54, 1.807) is 19.1 Å². The summed E-state index contributed by atoms with van der Waals surface area (Å²) in [6, 6.07) is 3.22. The normalized spacial score (nSPS) is 11.4. The number of nitrogens with zero attached hydrogens (tertiary/aromatic N) is 1. The maximum absolute atomic E-state index is 12.8. The monoisotopic (exact) mass is 201 g/mol. The van der Waals surface area contributed by atoms with Gasteiger partial charge in [-0.05, 0) is 18.6 Å². The number of carbonyl (C=O) groups is 1. The molecular weight excluding hydrogens is 192 g/mol. The fraction of sp³-hybridized carbons (Fsp3) is 0.333. The number of carboxylic acid groups (broad SMARTS) is 1. The van der Waals surface area contributed by atoms with Gasteiger partial charge in [0.15, 0.2) is 0 Å². The van der Waals surface area contributed by atoms with Crippen molar-refractivity contribution in [2.24, 2.45) is 0 Å². The first-order chi connectivity index (χ1) is 6.43. The number of alkyl halides is 2. The van der Waals surface area contributed by atoms with E-state index in [2.05, 4.69) is 4.98 Å². The second kappa shape index (κ2) is 3.69. The first-order valence-corrected chi connectivity index (χ1v) is 3.95. The molecule has 0 radical (unpaired) electrons. The van der Waals surface area contributed by atoms with Crippen LogP contribution in [0.3, 0.4) is 0 Å². The Bertz CT molecular complexity index is 352. The summed E-state index contributed by atoms with van der Waals surface area (Å²) >= 11 is 0. The molecule has 0 amide bonds. The molecule has 0 atom stereocenters. The second-order valence-corrected chi connectivity index (χ2v) is 2.95. The highest BCUT2D eigenvalue weighted by molar-refractivity contribution is 5.75. The predicted octanol–water partition coefficient (Wildman–Crippen LogP) is 1.65. The molecule has 0 aromatic carbocycles.